The maximum absolute atomic E-state index is 13.2. The molecule has 2 fully saturated rings. The van der Waals surface area contributed by atoms with E-state index in [0.29, 0.717) is 132 Å². The van der Waals surface area contributed by atoms with Gasteiger partial charge in [0.1, 0.15) is 23.1 Å². The van der Waals surface area contributed by atoms with Gasteiger partial charge in [0.25, 0.3) is 0 Å². The first-order valence-electron chi connectivity index (χ1n) is 20.4. The smallest absolute Gasteiger partial charge is 0.415 e. The number of benzene rings is 4. The number of ether oxygens (including phenoxy) is 6. The molecule has 0 unspecified atom stereocenters. The third kappa shape index (κ3) is 8.56. The summed E-state index contributed by atoms with van der Waals surface area (Å²) in [6.07, 6.45) is -0.867. The number of methoxy groups -OCH3 is 4. The molecule has 2 amide bonds. The number of piperazine rings is 2. The van der Waals surface area contributed by atoms with Crippen LogP contribution in [0.3, 0.4) is 0 Å². The van der Waals surface area contributed by atoms with Crippen molar-refractivity contribution in [1.82, 2.24) is 29.7 Å². The Kier molecular flexibility index (Phi) is 11.7. The van der Waals surface area contributed by atoms with Crippen LogP contribution < -0.4 is 49.7 Å². The number of carbonyl (C=O) groups excluding carboxylic acids is 2. The van der Waals surface area contributed by atoms with Gasteiger partial charge in [-0.25, -0.2) is 19.6 Å². The monoisotopic (exact) mass is 858 g/mol. The molecule has 4 heterocycles. The van der Waals surface area contributed by atoms with Gasteiger partial charge < -0.3 is 59.5 Å². The maximum Gasteiger partial charge on any atom is 0.415 e. The molecule has 2 aromatic heterocycles. The third-order valence-electron chi connectivity index (χ3n) is 11.6. The highest BCUT2D eigenvalue weighted by Crippen LogP contribution is 2.37. The Hall–Kier alpha value is -7.50. The van der Waals surface area contributed by atoms with Crippen LogP contribution in [0.2, 0.25) is 0 Å². The Labute approximate surface area is 364 Å². The van der Waals surface area contributed by atoms with Crippen molar-refractivity contribution in [3.8, 4) is 34.5 Å². The van der Waals surface area contributed by atoms with Crippen LogP contribution in [0.25, 0.3) is 21.8 Å². The van der Waals surface area contributed by atoms with E-state index in [1.807, 2.05) is 34.1 Å². The molecular formula is C45H50N10O8. The van der Waals surface area contributed by atoms with E-state index < -0.39 is 17.6 Å². The second-order valence-electron chi connectivity index (χ2n) is 15.6. The van der Waals surface area contributed by atoms with Crippen molar-refractivity contribution >= 4 is 57.5 Å². The summed E-state index contributed by atoms with van der Waals surface area (Å²) in [5, 5.41) is 1.33. The highest BCUT2D eigenvalue weighted by atomic mass is 16.6. The number of hydrogen-bond donors (Lipinski definition) is 2. The average molecular weight is 859 g/mol. The molecule has 2 saturated heterocycles. The number of fused-ring (bicyclic) bond motifs is 2. The molecule has 8 rings (SSSR count). The van der Waals surface area contributed by atoms with Crippen molar-refractivity contribution in [3.05, 3.63) is 83.9 Å². The first-order valence-corrected chi connectivity index (χ1v) is 20.4. The highest BCUT2D eigenvalue weighted by Gasteiger charge is 2.28. The summed E-state index contributed by atoms with van der Waals surface area (Å²) in [5.74, 6) is 4.67. The fraction of sp³-hybridized carbons (Fsp3) is 0.333. The topological polar surface area (TPSA) is 206 Å². The van der Waals surface area contributed by atoms with Crippen LogP contribution in [-0.4, -0.2) is 123 Å². The number of carbonyl (C=O) groups is 2. The summed E-state index contributed by atoms with van der Waals surface area (Å²) in [6.45, 7) is 7.90. The molecule has 0 spiro atoms. The Morgan fingerprint density at radius 2 is 0.841 bits per heavy atom. The minimum atomic E-state index is -0.434. The summed E-state index contributed by atoms with van der Waals surface area (Å²) in [6, 6.07) is 22.1. The lowest BCUT2D eigenvalue weighted by Crippen LogP contribution is -2.50. The van der Waals surface area contributed by atoms with Gasteiger partial charge >= 0.3 is 12.2 Å². The first-order chi connectivity index (χ1) is 30.4. The van der Waals surface area contributed by atoms with Gasteiger partial charge in [0.15, 0.2) is 23.0 Å². The number of anilines is 4. The number of nitrogens with two attached hydrogens (primary N) is 2. The fourth-order valence-electron chi connectivity index (χ4n) is 7.77. The zero-order valence-electron chi connectivity index (χ0n) is 36.1. The summed E-state index contributed by atoms with van der Waals surface area (Å²) >= 11 is 0. The highest BCUT2D eigenvalue weighted by molar-refractivity contribution is 5.93. The minimum Gasteiger partial charge on any atom is -0.493 e. The molecule has 0 atom stereocenters. The maximum atomic E-state index is 13.2. The van der Waals surface area contributed by atoms with Crippen molar-refractivity contribution < 1.29 is 38.0 Å². The quantitative estimate of drug-likeness (QED) is 0.168. The molecule has 6 aromatic rings. The number of nitrogens with zero attached hydrogens (tertiary/aromatic N) is 8. The Morgan fingerprint density at radius 3 is 1.17 bits per heavy atom. The largest absolute Gasteiger partial charge is 0.493 e. The minimum absolute atomic E-state index is 0.330. The summed E-state index contributed by atoms with van der Waals surface area (Å²) in [7, 11) is 6.25. The van der Waals surface area contributed by atoms with Gasteiger partial charge in [-0.3, -0.25) is 0 Å². The third-order valence-corrected chi connectivity index (χ3v) is 11.6. The molecule has 328 valence electrons. The van der Waals surface area contributed by atoms with E-state index in [2.05, 4.69) is 23.8 Å². The van der Waals surface area contributed by atoms with Gasteiger partial charge in [-0.1, -0.05) is 38.1 Å². The van der Waals surface area contributed by atoms with Crippen LogP contribution in [0.5, 0.6) is 34.5 Å². The lowest BCUT2D eigenvalue weighted by Gasteiger charge is -2.34. The molecule has 4 N–H and O–H groups in total. The van der Waals surface area contributed by atoms with E-state index in [-0.39, 0.29) is 0 Å². The number of hydrogen-bond acceptors (Lipinski definition) is 16. The normalized spacial score (nSPS) is 14.4. The van der Waals surface area contributed by atoms with Crippen LogP contribution in [0, 0.1) is 0 Å². The number of amides is 2. The van der Waals surface area contributed by atoms with Crippen LogP contribution in [-0.2, 0) is 5.41 Å². The first kappa shape index (κ1) is 42.2. The second-order valence-corrected chi connectivity index (χ2v) is 15.6. The van der Waals surface area contributed by atoms with Crippen molar-refractivity contribution in [3.63, 3.8) is 0 Å². The second kappa shape index (κ2) is 17.5. The Morgan fingerprint density at radius 1 is 0.508 bits per heavy atom. The van der Waals surface area contributed by atoms with Crippen molar-refractivity contribution in [2.45, 2.75) is 19.3 Å². The van der Waals surface area contributed by atoms with Gasteiger partial charge in [-0.2, -0.15) is 9.97 Å². The predicted octanol–water partition coefficient (Wildman–Crippen LogP) is 5.74. The molecule has 0 aliphatic carbocycles. The number of nitrogen functional groups attached to an aromatic ring is 2. The lowest BCUT2D eigenvalue weighted by molar-refractivity contribution is 0.148. The van der Waals surface area contributed by atoms with Crippen LogP contribution in [0.15, 0.2) is 72.8 Å². The molecule has 2 aliphatic heterocycles. The summed E-state index contributed by atoms with van der Waals surface area (Å²) < 4.78 is 33.2. The molecular weight excluding hydrogens is 809 g/mol. The zero-order chi connectivity index (χ0) is 44.4. The van der Waals surface area contributed by atoms with E-state index in [4.69, 9.17) is 49.9 Å². The Balaban J connectivity index is 0.822. The molecule has 18 nitrogen and oxygen atoms in total. The van der Waals surface area contributed by atoms with Crippen LogP contribution >= 0.6 is 0 Å². The summed E-state index contributed by atoms with van der Waals surface area (Å²) in [5.41, 5.74) is 15.5. The van der Waals surface area contributed by atoms with Gasteiger partial charge in [0.05, 0.1) is 39.5 Å². The van der Waals surface area contributed by atoms with E-state index in [1.165, 1.54) is 0 Å². The van der Waals surface area contributed by atoms with Gasteiger partial charge in [0, 0.05) is 80.7 Å². The Bertz CT molecular complexity index is 2470. The standard InChI is InChI=1S/C45H50N10O8/c1-45(2,27-7-11-29(12-8-27)62-43(56)54-19-15-52(16-20-54)41-48-33-25-37(60-5)35(58-3)23-31(33)39(46)50-41)28-9-13-30(14-10-28)63-44(57)55-21-17-53(18-22-55)42-49-34-26-38(61-6)36(59-4)24-32(34)40(47)51-42/h7-14,23-26H,15-22H2,1-6H3,(H2,46,48,50)(H2,47,49,51). The van der Waals surface area contributed by atoms with E-state index in [9.17, 15) is 9.59 Å². The van der Waals surface area contributed by atoms with Crippen molar-refractivity contribution in [1.29, 1.82) is 0 Å². The van der Waals surface area contributed by atoms with Gasteiger partial charge in [-0.05, 0) is 47.5 Å². The fourth-order valence-corrected chi connectivity index (χ4v) is 7.77. The molecule has 0 radical (unpaired) electrons. The van der Waals surface area contributed by atoms with E-state index in [1.54, 1.807) is 86.8 Å². The predicted molar refractivity (Wildman–Crippen MR) is 239 cm³/mol. The van der Waals surface area contributed by atoms with Crippen LogP contribution in [0.4, 0.5) is 33.1 Å². The van der Waals surface area contributed by atoms with E-state index in [0.717, 1.165) is 11.1 Å². The number of aromatic nitrogens is 4. The van der Waals surface area contributed by atoms with Crippen molar-refractivity contribution in [2.75, 3.05) is 102 Å². The molecule has 18 heteroatoms. The molecule has 0 bridgehead atoms. The van der Waals surface area contributed by atoms with Crippen molar-refractivity contribution in [2.24, 2.45) is 0 Å². The molecule has 63 heavy (non-hydrogen) atoms. The lowest BCUT2D eigenvalue weighted by atomic mass is 9.78. The SMILES string of the molecule is COc1cc2nc(N3CCN(C(=O)Oc4ccc(C(C)(C)c5ccc(OC(=O)N6CCN(c7nc(N)c8cc(OC)c(OC)cc8n7)CC6)cc5)cc4)CC3)nc(N)c2cc1OC. The molecule has 0 saturated carbocycles. The zero-order valence-corrected chi connectivity index (χ0v) is 36.1. The summed E-state index contributed by atoms with van der Waals surface area (Å²) in [4.78, 5) is 52.2. The van der Waals surface area contributed by atoms with E-state index >= 15 is 0 Å². The van der Waals surface area contributed by atoms with Gasteiger partial charge in [0.2, 0.25) is 11.9 Å². The number of rotatable bonds is 10. The average Bonchev–Trinajstić information content (AvgIpc) is 3.31. The van der Waals surface area contributed by atoms with Gasteiger partial charge in [-0.15, -0.1) is 0 Å². The van der Waals surface area contributed by atoms with Crippen LogP contribution in [0.1, 0.15) is 25.0 Å². The molecule has 2 aliphatic rings. The molecule has 4 aromatic carbocycles.